The van der Waals surface area contributed by atoms with Gasteiger partial charge in [0, 0.05) is 17.9 Å². The highest BCUT2D eigenvalue weighted by molar-refractivity contribution is 6.41. The predicted molar refractivity (Wildman–Crippen MR) is 70.2 cm³/mol. The van der Waals surface area contributed by atoms with Crippen molar-refractivity contribution in [1.82, 2.24) is 0 Å². The van der Waals surface area contributed by atoms with Crippen LogP contribution in [0.1, 0.15) is 18.9 Å². The molecule has 94 valence electrons. The van der Waals surface area contributed by atoms with Crippen LogP contribution < -0.4 is 0 Å². The Morgan fingerprint density at radius 3 is 2.67 bits per heavy atom. The molecule has 1 aliphatic heterocycles. The van der Waals surface area contributed by atoms with Crippen LogP contribution >= 0.6 is 23.2 Å². The number of fused-ring (bicyclic) bond motifs is 1. The van der Waals surface area contributed by atoms with Crippen LogP contribution in [-0.2, 0) is 9.63 Å². The number of rotatable bonds is 1. The number of benzene rings is 1. The molecule has 3 rings (SSSR count). The Kier molecular flexibility index (Phi) is 2.83. The number of ketones is 1. The van der Waals surface area contributed by atoms with E-state index in [1.165, 1.54) is 0 Å². The highest BCUT2D eigenvalue weighted by Crippen LogP contribution is 2.40. The normalized spacial score (nSPS) is 30.1. The Bertz CT molecular complexity index is 536. The Hall–Kier alpha value is -1.06. The summed E-state index contributed by atoms with van der Waals surface area (Å²) in [7, 11) is 0. The average molecular weight is 284 g/mol. The van der Waals surface area contributed by atoms with Crippen LogP contribution in [0.3, 0.4) is 0 Å². The van der Waals surface area contributed by atoms with E-state index in [1.54, 1.807) is 18.2 Å². The number of hydrogen-bond donors (Lipinski definition) is 0. The van der Waals surface area contributed by atoms with Crippen molar-refractivity contribution >= 4 is 34.7 Å². The van der Waals surface area contributed by atoms with Crippen LogP contribution in [0.2, 0.25) is 10.0 Å². The monoisotopic (exact) mass is 283 g/mol. The molecule has 3 nitrogen and oxygen atoms in total. The average Bonchev–Trinajstić information content (AvgIpc) is 2.83. The fraction of sp³-hybridized carbons (Fsp3) is 0.385. The zero-order chi connectivity index (χ0) is 12.9. The van der Waals surface area contributed by atoms with Crippen molar-refractivity contribution in [2.45, 2.75) is 19.4 Å². The molecule has 1 heterocycles. The number of nitrogens with zero attached hydrogens (tertiary/aromatic N) is 1. The largest absolute Gasteiger partial charge is 0.391 e. The van der Waals surface area contributed by atoms with Gasteiger partial charge in [0.25, 0.3) is 0 Å². The van der Waals surface area contributed by atoms with E-state index in [4.69, 9.17) is 28.0 Å². The second-order valence-electron chi connectivity index (χ2n) is 4.77. The van der Waals surface area contributed by atoms with Crippen LogP contribution in [0.4, 0.5) is 0 Å². The fourth-order valence-corrected chi connectivity index (χ4v) is 3.25. The molecule has 0 amide bonds. The minimum atomic E-state index is -0.322. The molecule has 0 radical (unpaired) electrons. The van der Waals surface area contributed by atoms with Crippen molar-refractivity contribution in [2.24, 2.45) is 17.0 Å². The van der Waals surface area contributed by atoms with E-state index in [2.05, 4.69) is 5.16 Å². The number of carbonyl (C=O) groups excluding carboxylic acids is 1. The van der Waals surface area contributed by atoms with Gasteiger partial charge in [0.15, 0.2) is 0 Å². The van der Waals surface area contributed by atoms with Crippen molar-refractivity contribution in [2.75, 3.05) is 0 Å². The molecule has 0 bridgehead atoms. The number of Topliss-reactive ketones (excluding diaryl/α,β-unsaturated/α-hetero) is 1. The summed E-state index contributed by atoms with van der Waals surface area (Å²) in [6, 6.07) is 5.24. The smallest absolute Gasteiger partial charge is 0.146 e. The second-order valence-corrected chi connectivity index (χ2v) is 5.58. The van der Waals surface area contributed by atoms with Crippen molar-refractivity contribution in [1.29, 1.82) is 0 Å². The summed E-state index contributed by atoms with van der Waals surface area (Å²) in [5.41, 5.74) is 1.20. The van der Waals surface area contributed by atoms with E-state index in [-0.39, 0.29) is 23.7 Å². The lowest BCUT2D eigenvalue weighted by Crippen LogP contribution is -2.26. The van der Waals surface area contributed by atoms with Crippen LogP contribution in [0.25, 0.3) is 0 Å². The molecule has 1 saturated carbocycles. The molecule has 18 heavy (non-hydrogen) atoms. The molecule has 0 saturated heterocycles. The molecule has 0 aromatic heterocycles. The first-order valence-electron chi connectivity index (χ1n) is 5.80. The predicted octanol–water partition coefficient (Wildman–Crippen LogP) is 3.32. The number of carbonyl (C=O) groups is 1. The van der Waals surface area contributed by atoms with Gasteiger partial charge < -0.3 is 4.84 Å². The minimum Gasteiger partial charge on any atom is -0.391 e. The number of oxime groups is 1. The van der Waals surface area contributed by atoms with E-state index in [1.807, 2.05) is 6.92 Å². The lowest BCUT2D eigenvalue weighted by atomic mass is 9.92. The second kappa shape index (κ2) is 4.25. The molecule has 0 N–H and O–H groups in total. The van der Waals surface area contributed by atoms with Crippen molar-refractivity contribution in [3.8, 4) is 0 Å². The molecule has 1 aliphatic carbocycles. The summed E-state index contributed by atoms with van der Waals surface area (Å²) in [6.07, 6.45) is 0.357. The molecule has 2 aliphatic rings. The first-order valence-corrected chi connectivity index (χ1v) is 6.56. The Morgan fingerprint density at radius 2 is 2.00 bits per heavy atom. The van der Waals surface area contributed by atoms with Gasteiger partial charge in [-0.05, 0) is 12.1 Å². The topological polar surface area (TPSA) is 38.7 Å². The first-order chi connectivity index (χ1) is 8.59. The van der Waals surface area contributed by atoms with Gasteiger partial charge in [0.1, 0.15) is 23.5 Å². The zero-order valence-electron chi connectivity index (χ0n) is 9.69. The van der Waals surface area contributed by atoms with Gasteiger partial charge in [-0.15, -0.1) is 0 Å². The summed E-state index contributed by atoms with van der Waals surface area (Å²) >= 11 is 12.3. The molecule has 1 aromatic rings. The third-order valence-corrected chi connectivity index (χ3v) is 4.18. The third kappa shape index (κ3) is 1.65. The summed E-state index contributed by atoms with van der Waals surface area (Å²) in [5, 5.41) is 5.04. The van der Waals surface area contributed by atoms with Crippen LogP contribution in [-0.4, -0.2) is 17.6 Å². The molecule has 1 aromatic carbocycles. The van der Waals surface area contributed by atoms with E-state index < -0.39 is 0 Å². The molecule has 3 atom stereocenters. The fourth-order valence-electron chi connectivity index (χ4n) is 2.66. The lowest BCUT2D eigenvalue weighted by molar-refractivity contribution is -0.119. The minimum absolute atomic E-state index is 0.153. The Morgan fingerprint density at radius 1 is 1.33 bits per heavy atom. The highest BCUT2D eigenvalue weighted by atomic mass is 35.5. The van der Waals surface area contributed by atoms with E-state index in [0.717, 1.165) is 0 Å². The van der Waals surface area contributed by atoms with Gasteiger partial charge in [0.05, 0.1) is 10.0 Å². The standard InChI is InChI=1S/C13H11Cl2NO2/c1-6-5-9(17)11-12(16-18-13(6)11)10-7(14)3-2-4-8(10)15/h2-4,6,11,13H,5H2,1H3/t6-,11+,13+/m0/s1. The molecule has 0 unspecified atom stereocenters. The zero-order valence-corrected chi connectivity index (χ0v) is 11.2. The maximum atomic E-state index is 12.0. The maximum Gasteiger partial charge on any atom is 0.146 e. The van der Waals surface area contributed by atoms with E-state index >= 15 is 0 Å². The molecule has 0 spiro atoms. The number of hydrogen-bond acceptors (Lipinski definition) is 3. The van der Waals surface area contributed by atoms with Gasteiger partial charge in [0.2, 0.25) is 0 Å². The Labute approximate surface area is 115 Å². The van der Waals surface area contributed by atoms with Gasteiger partial charge in [-0.25, -0.2) is 0 Å². The van der Waals surface area contributed by atoms with Crippen molar-refractivity contribution < 1.29 is 9.63 Å². The van der Waals surface area contributed by atoms with Gasteiger partial charge >= 0.3 is 0 Å². The lowest BCUT2D eigenvalue weighted by Gasteiger charge is -2.12. The summed E-state index contributed by atoms with van der Waals surface area (Å²) < 4.78 is 0. The van der Waals surface area contributed by atoms with Crippen LogP contribution in [0, 0.1) is 11.8 Å². The molecule has 1 fully saturated rings. The van der Waals surface area contributed by atoms with Crippen LogP contribution in [0.15, 0.2) is 23.4 Å². The highest BCUT2D eigenvalue weighted by Gasteiger charge is 2.49. The molecule has 5 heteroatoms. The Balaban J connectivity index is 2.06. The van der Waals surface area contributed by atoms with Gasteiger partial charge in [-0.3, -0.25) is 4.79 Å². The van der Waals surface area contributed by atoms with E-state index in [0.29, 0.717) is 27.7 Å². The summed E-state index contributed by atoms with van der Waals surface area (Å²) in [6.45, 7) is 2.00. The quantitative estimate of drug-likeness (QED) is 0.793. The van der Waals surface area contributed by atoms with Crippen molar-refractivity contribution in [3.05, 3.63) is 33.8 Å². The summed E-state index contributed by atoms with van der Waals surface area (Å²) in [4.78, 5) is 17.4. The van der Waals surface area contributed by atoms with Gasteiger partial charge in [-0.1, -0.05) is 41.3 Å². The van der Waals surface area contributed by atoms with Crippen molar-refractivity contribution in [3.63, 3.8) is 0 Å². The van der Waals surface area contributed by atoms with Crippen LogP contribution in [0.5, 0.6) is 0 Å². The number of halogens is 2. The molecular formula is C13H11Cl2NO2. The molecular weight excluding hydrogens is 273 g/mol. The van der Waals surface area contributed by atoms with E-state index in [9.17, 15) is 4.79 Å². The first kappa shape index (κ1) is 12.0. The van der Waals surface area contributed by atoms with Gasteiger partial charge in [-0.2, -0.15) is 0 Å². The summed E-state index contributed by atoms with van der Waals surface area (Å²) in [5.74, 6) is 0.0159. The maximum absolute atomic E-state index is 12.0. The third-order valence-electron chi connectivity index (χ3n) is 3.55. The SMILES string of the molecule is C[C@H]1CC(=O)[C@@H]2C(c3c(Cl)cccc3Cl)=NO[C@@H]21.